The maximum Gasteiger partial charge on any atom is 0.321 e. The first kappa shape index (κ1) is 22.9. The minimum absolute atomic E-state index is 0.0817. The van der Waals surface area contributed by atoms with E-state index in [1.807, 2.05) is 6.92 Å². The van der Waals surface area contributed by atoms with E-state index in [1.165, 1.54) is 19.3 Å². The lowest BCUT2D eigenvalue weighted by atomic mass is 9.96. The van der Waals surface area contributed by atoms with Gasteiger partial charge in [-0.25, -0.2) is 9.59 Å². The van der Waals surface area contributed by atoms with Crippen molar-refractivity contribution in [2.24, 2.45) is 0 Å². The molecule has 0 spiro atoms. The van der Waals surface area contributed by atoms with Crippen LogP contribution in [0.25, 0.3) is 0 Å². The average molecular weight is 430 g/mol. The van der Waals surface area contributed by atoms with Crippen molar-refractivity contribution < 1.29 is 14.4 Å². The van der Waals surface area contributed by atoms with Crippen molar-refractivity contribution in [3.63, 3.8) is 0 Å². The van der Waals surface area contributed by atoms with Crippen LogP contribution in [0.1, 0.15) is 68.6 Å². The fourth-order valence-corrected chi connectivity index (χ4v) is 4.17. The number of benzene rings is 1. The lowest BCUT2D eigenvalue weighted by Crippen LogP contribution is -2.51. The van der Waals surface area contributed by atoms with E-state index in [0.717, 1.165) is 32.1 Å². The Morgan fingerprint density at radius 1 is 0.968 bits per heavy atom. The van der Waals surface area contributed by atoms with Crippen molar-refractivity contribution in [1.82, 2.24) is 20.9 Å². The summed E-state index contributed by atoms with van der Waals surface area (Å²) in [5, 5.41) is 11.9. The lowest BCUT2D eigenvalue weighted by Gasteiger charge is -2.33. The highest BCUT2D eigenvalue weighted by Crippen LogP contribution is 2.18. The highest BCUT2D eigenvalue weighted by atomic mass is 16.2. The van der Waals surface area contributed by atoms with Gasteiger partial charge in [-0.2, -0.15) is 0 Å². The smallest absolute Gasteiger partial charge is 0.321 e. The number of amides is 5. The molecule has 1 heterocycles. The third-order valence-corrected chi connectivity index (χ3v) is 5.97. The van der Waals surface area contributed by atoms with Crippen LogP contribution in [-0.4, -0.2) is 54.6 Å². The number of anilines is 1. The van der Waals surface area contributed by atoms with E-state index in [1.54, 1.807) is 29.2 Å². The van der Waals surface area contributed by atoms with Crippen LogP contribution in [0, 0.1) is 0 Å². The molecule has 1 aromatic rings. The van der Waals surface area contributed by atoms with Gasteiger partial charge in [-0.15, -0.1) is 0 Å². The van der Waals surface area contributed by atoms with Gasteiger partial charge in [-0.1, -0.05) is 32.3 Å². The van der Waals surface area contributed by atoms with Crippen LogP contribution >= 0.6 is 0 Å². The molecular formula is C23H35N5O3. The fraction of sp³-hybridized carbons (Fsp3) is 0.609. The Hall–Kier alpha value is -2.77. The van der Waals surface area contributed by atoms with Gasteiger partial charge in [0.15, 0.2) is 0 Å². The molecule has 31 heavy (non-hydrogen) atoms. The Kier molecular flexibility index (Phi) is 8.55. The zero-order valence-electron chi connectivity index (χ0n) is 18.4. The molecule has 4 N–H and O–H groups in total. The van der Waals surface area contributed by atoms with Crippen molar-refractivity contribution in [2.75, 3.05) is 25.0 Å². The van der Waals surface area contributed by atoms with E-state index < -0.39 is 0 Å². The van der Waals surface area contributed by atoms with E-state index >= 15 is 0 Å². The van der Waals surface area contributed by atoms with Gasteiger partial charge < -0.3 is 26.2 Å². The summed E-state index contributed by atoms with van der Waals surface area (Å²) in [4.78, 5) is 38.7. The van der Waals surface area contributed by atoms with Gasteiger partial charge in [0.25, 0.3) is 5.91 Å². The molecule has 1 saturated heterocycles. The van der Waals surface area contributed by atoms with Crippen molar-refractivity contribution in [3.8, 4) is 0 Å². The summed E-state index contributed by atoms with van der Waals surface area (Å²) in [5.41, 5.74) is 1.12. The normalized spacial score (nSPS) is 17.6. The minimum atomic E-state index is -0.184. The second-order valence-corrected chi connectivity index (χ2v) is 8.48. The quantitative estimate of drug-likeness (QED) is 0.557. The van der Waals surface area contributed by atoms with Crippen LogP contribution in [0.15, 0.2) is 24.3 Å². The molecule has 1 aliphatic heterocycles. The first-order chi connectivity index (χ1) is 15.0. The Balaban J connectivity index is 1.42. The van der Waals surface area contributed by atoms with E-state index in [-0.39, 0.29) is 24.0 Å². The van der Waals surface area contributed by atoms with Gasteiger partial charge in [0, 0.05) is 43.0 Å². The molecule has 0 atom stereocenters. The largest absolute Gasteiger partial charge is 0.352 e. The lowest BCUT2D eigenvalue weighted by molar-refractivity contribution is 0.0953. The van der Waals surface area contributed by atoms with Crippen molar-refractivity contribution >= 4 is 23.7 Å². The predicted molar refractivity (Wildman–Crippen MR) is 121 cm³/mol. The molecule has 0 unspecified atom stereocenters. The monoisotopic (exact) mass is 429 g/mol. The van der Waals surface area contributed by atoms with Crippen LogP contribution in [0.4, 0.5) is 15.3 Å². The van der Waals surface area contributed by atoms with Crippen LogP contribution in [0.2, 0.25) is 0 Å². The second-order valence-electron chi connectivity index (χ2n) is 8.48. The number of carbonyl (C=O) groups excluding carboxylic acids is 3. The van der Waals surface area contributed by atoms with Gasteiger partial charge in [-0.3, -0.25) is 4.79 Å². The molecule has 1 aromatic carbocycles. The Morgan fingerprint density at radius 2 is 1.65 bits per heavy atom. The van der Waals surface area contributed by atoms with Gasteiger partial charge in [0.05, 0.1) is 0 Å². The van der Waals surface area contributed by atoms with E-state index in [4.69, 9.17) is 0 Å². The molecule has 8 heteroatoms. The predicted octanol–water partition coefficient (Wildman–Crippen LogP) is 3.45. The number of urea groups is 2. The number of nitrogens with one attached hydrogen (secondary N) is 4. The molecule has 2 fully saturated rings. The first-order valence-corrected chi connectivity index (χ1v) is 11.6. The maximum atomic E-state index is 12.6. The molecular weight excluding hydrogens is 394 g/mol. The van der Waals surface area contributed by atoms with E-state index in [0.29, 0.717) is 36.9 Å². The molecule has 8 nitrogen and oxygen atoms in total. The SMILES string of the molecule is CCCNC(=O)c1cccc(NC(=O)N2CCC(NC(=O)NC3CCCCC3)CC2)c1. The van der Waals surface area contributed by atoms with Crippen molar-refractivity contribution in [1.29, 1.82) is 0 Å². The standard InChI is InChI=1S/C23H35N5O3/c1-2-13-24-21(29)17-7-6-10-20(16-17)27-23(31)28-14-11-19(12-15-28)26-22(30)25-18-8-4-3-5-9-18/h6-7,10,16,18-19H,2-5,8-9,11-15H2,1H3,(H,24,29)(H,27,31)(H2,25,26,30). The van der Waals surface area contributed by atoms with Gasteiger partial charge in [0.1, 0.15) is 0 Å². The van der Waals surface area contributed by atoms with Gasteiger partial charge in [-0.05, 0) is 50.3 Å². The molecule has 1 saturated carbocycles. The molecule has 1 aliphatic carbocycles. The number of piperidine rings is 1. The number of rotatable bonds is 6. The van der Waals surface area contributed by atoms with E-state index in [2.05, 4.69) is 21.3 Å². The number of hydrogen-bond donors (Lipinski definition) is 4. The molecule has 2 aliphatic rings. The minimum Gasteiger partial charge on any atom is -0.352 e. The molecule has 5 amide bonds. The number of hydrogen-bond acceptors (Lipinski definition) is 3. The Morgan fingerprint density at radius 3 is 2.32 bits per heavy atom. The Labute approximate surface area is 184 Å². The summed E-state index contributed by atoms with van der Waals surface area (Å²) < 4.78 is 0. The summed E-state index contributed by atoms with van der Waals surface area (Å²) in [5.74, 6) is -0.142. The zero-order valence-corrected chi connectivity index (χ0v) is 18.4. The first-order valence-electron chi connectivity index (χ1n) is 11.6. The summed E-state index contributed by atoms with van der Waals surface area (Å²) in [6.07, 6.45) is 8.08. The molecule has 3 rings (SSSR count). The summed E-state index contributed by atoms with van der Waals surface area (Å²) in [6, 6.07) is 7.06. The number of likely N-dealkylation sites (tertiary alicyclic amines) is 1. The van der Waals surface area contributed by atoms with Crippen LogP contribution in [0.3, 0.4) is 0 Å². The molecule has 0 aromatic heterocycles. The second kappa shape index (κ2) is 11.6. The molecule has 0 radical (unpaired) electrons. The number of carbonyl (C=O) groups is 3. The molecule has 170 valence electrons. The Bertz CT molecular complexity index is 755. The summed E-state index contributed by atoms with van der Waals surface area (Å²) >= 11 is 0. The average Bonchev–Trinajstić information content (AvgIpc) is 2.78. The molecule has 0 bridgehead atoms. The summed E-state index contributed by atoms with van der Waals surface area (Å²) in [7, 11) is 0. The topological polar surface area (TPSA) is 103 Å². The van der Waals surface area contributed by atoms with E-state index in [9.17, 15) is 14.4 Å². The third kappa shape index (κ3) is 7.15. The summed E-state index contributed by atoms with van der Waals surface area (Å²) in [6.45, 7) is 3.78. The fourth-order valence-electron chi connectivity index (χ4n) is 4.17. The van der Waals surface area contributed by atoms with Crippen LogP contribution in [0.5, 0.6) is 0 Å². The number of nitrogens with zero attached hydrogens (tertiary/aromatic N) is 1. The van der Waals surface area contributed by atoms with Crippen LogP contribution < -0.4 is 21.3 Å². The highest BCUT2D eigenvalue weighted by Gasteiger charge is 2.25. The third-order valence-electron chi connectivity index (χ3n) is 5.97. The van der Waals surface area contributed by atoms with Gasteiger partial charge in [0.2, 0.25) is 0 Å². The van der Waals surface area contributed by atoms with Crippen molar-refractivity contribution in [2.45, 2.75) is 70.4 Å². The van der Waals surface area contributed by atoms with Crippen molar-refractivity contribution in [3.05, 3.63) is 29.8 Å². The van der Waals surface area contributed by atoms with Crippen LogP contribution in [-0.2, 0) is 0 Å². The van der Waals surface area contributed by atoms with Gasteiger partial charge >= 0.3 is 12.1 Å². The zero-order chi connectivity index (χ0) is 22.1. The highest BCUT2D eigenvalue weighted by molar-refractivity contribution is 5.96. The maximum absolute atomic E-state index is 12.6.